The molecular weight excluding hydrogens is 170 g/mol. The van der Waals surface area contributed by atoms with E-state index in [1.54, 1.807) is 0 Å². The first-order valence-corrected chi connectivity index (χ1v) is 5.65. The fourth-order valence-corrected chi connectivity index (χ4v) is 2.56. The molecule has 2 aliphatic rings. The van der Waals surface area contributed by atoms with Crippen LogP contribution in [0.25, 0.3) is 0 Å². The van der Waals surface area contributed by atoms with E-state index >= 15 is 0 Å². The lowest BCUT2D eigenvalue weighted by molar-refractivity contribution is 0.259. The Hall–Kier alpha value is -0.740. The Morgan fingerprint density at radius 1 is 1.36 bits per heavy atom. The van der Waals surface area contributed by atoms with Gasteiger partial charge in [0.15, 0.2) is 0 Å². The molecule has 2 aliphatic carbocycles. The lowest BCUT2D eigenvalue weighted by atomic mass is 9.74. The summed E-state index contributed by atoms with van der Waals surface area (Å²) in [7, 11) is 0. The molecule has 0 aromatic carbocycles. The van der Waals surface area contributed by atoms with Crippen LogP contribution in [0.2, 0.25) is 0 Å². The van der Waals surface area contributed by atoms with Gasteiger partial charge in [0.1, 0.15) is 0 Å². The van der Waals surface area contributed by atoms with E-state index in [2.05, 4.69) is 24.8 Å². The first-order valence-electron chi connectivity index (χ1n) is 5.65. The fourth-order valence-electron chi connectivity index (χ4n) is 2.56. The van der Waals surface area contributed by atoms with Gasteiger partial charge in [0, 0.05) is 11.5 Å². The van der Waals surface area contributed by atoms with E-state index < -0.39 is 0 Å². The zero-order valence-electron chi connectivity index (χ0n) is 8.92. The highest BCUT2D eigenvalue weighted by molar-refractivity contribution is 5.21. The second kappa shape index (κ2) is 3.79. The van der Waals surface area contributed by atoms with E-state index in [1.165, 1.54) is 25.7 Å². The van der Waals surface area contributed by atoms with Crippen molar-refractivity contribution in [2.75, 3.05) is 0 Å². The zero-order valence-corrected chi connectivity index (χ0v) is 8.92. The van der Waals surface area contributed by atoms with Gasteiger partial charge in [-0.1, -0.05) is 24.3 Å². The molecule has 0 amide bonds. The van der Waals surface area contributed by atoms with Gasteiger partial charge in [-0.3, -0.25) is 0 Å². The van der Waals surface area contributed by atoms with Crippen LogP contribution in [0.1, 0.15) is 39.0 Å². The van der Waals surface area contributed by atoms with Gasteiger partial charge in [-0.2, -0.15) is 0 Å². The number of fused-ring (bicyclic) bond motifs is 3. The van der Waals surface area contributed by atoms with Gasteiger partial charge >= 0.3 is 0 Å². The molecule has 0 aliphatic heterocycles. The van der Waals surface area contributed by atoms with Crippen LogP contribution in [-0.4, -0.2) is 5.54 Å². The van der Waals surface area contributed by atoms with Gasteiger partial charge in [0.2, 0.25) is 0 Å². The van der Waals surface area contributed by atoms with Crippen molar-refractivity contribution in [2.45, 2.75) is 44.6 Å². The summed E-state index contributed by atoms with van der Waals surface area (Å²) in [6.45, 7) is 2.19. The third-order valence-corrected chi connectivity index (χ3v) is 3.64. The van der Waals surface area contributed by atoms with Gasteiger partial charge in [-0.05, 0) is 44.6 Å². The number of hydrogen-bond donors (Lipinski definition) is 1. The number of allylic oxidation sites excluding steroid dienone is 1. The maximum atomic E-state index is 6.35. The molecule has 3 unspecified atom stereocenters. The van der Waals surface area contributed by atoms with E-state index in [0.717, 1.165) is 6.42 Å². The molecular formula is C13H19N. The summed E-state index contributed by atoms with van der Waals surface area (Å²) < 4.78 is 0. The Bertz CT molecular complexity index is 290. The molecule has 14 heavy (non-hydrogen) atoms. The molecule has 0 aromatic rings. The monoisotopic (exact) mass is 189 g/mol. The minimum atomic E-state index is -0.0134. The summed E-state index contributed by atoms with van der Waals surface area (Å²) in [5, 5.41) is 0. The lowest BCUT2D eigenvalue weighted by Crippen LogP contribution is -2.44. The van der Waals surface area contributed by atoms with E-state index in [-0.39, 0.29) is 5.54 Å². The lowest BCUT2D eigenvalue weighted by Gasteiger charge is -2.35. The van der Waals surface area contributed by atoms with Crippen molar-refractivity contribution < 1.29 is 0 Å². The van der Waals surface area contributed by atoms with Crippen LogP contribution in [0.5, 0.6) is 0 Å². The average molecular weight is 189 g/mol. The Morgan fingerprint density at radius 2 is 2.21 bits per heavy atom. The maximum absolute atomic E-state index is 6.35. The summed E-state index contributed by atoms with van der Waals surface area (Å²) in [4.78, 5) is 0. The third-order valence-electron chi connectivity index (χ3n) is 3.64. The Balaban J connectivity index is 2.26. The fraction of sp³-hybridized carbons (Fsp3) is 0.692. The molecule has 1 heteroatoms. The van der Waals surface area contributed by atoms with Crippen molar-refractivity contribution in [3.05, 3.63) is 12.2 Å². The van der Waals surface area contributed by atoms with Gasteiger partial charge in [0.25, 0.3) is 0 Å². The molecule has 0 aromatic heterocycles. The Labute approximate surface area is 86.8 Å². The van der Waals surface area contributed by atoms with E-state index in [0.29, 0.717) is 11.8 Å². The highest BCUT2D eigenvalue weighted by Gasteiger charge is 2.30. The molecule has 1 nitrogen and oxygen atoms in total. The van der Waals surface area contributed by atoms with Crippen LogP contribution in [0, 0.1) is 23.7 Å². The number of rotatable bonds is 0. The second-order valence-electron chi connectivity index (χ2n) is 4.93. The molecule has 2 bridgehead atoms. The smallest absolute Gasteiger partial charge is 0.0206 e. The van der Waals surface area contributed by atoms with Gasteiger partial charge < -0.3 is 5.73 Å². The van der Waals surface area contributed by atoms with Crippen molar-refractivity contribution in [3.8, 4) is 11.8 Å². The molecule has 0 radical (unpaired) electrons. The van der Waals surface area contributed by atoms with Crippen molar-refractivity contribution in [3.63, 3.8) is 0 Å². The number of hydrogen-bond acceptors (Lipinski definition) is 1. The van der Waals surface area contributed by atoms with Crippen molar-refractivity contribution in [1.82, 2.24) is 0 Å². The van der Waals surface area contributed by atoms with Crippen LogP contribution in [0.4, 0.5) is 0 Å². The van der Waals surface area contributed by atoms with E-state index in [9.17, 15) is 0 Å². The number of nitrogens with two attached hydrogens (primary N) is 1. The minimum absolute atomic E-state index is 0.0134. The zero-order chi connectivity index (χ0) is 10.0. The second-order valence-corrected chi connectivity index (χ2v) is 4.93. The summed E-state index contributed by atoms with van der Waals surface area (Å²) in [5.41, 5.74) is 6.33. The van der Waals surface area contributed by atoms with Crippen LogP contribution in [0.15, 0.2) is 12.2 Å². The van der Waals surface area contributed by atoms with Crippen molar-refractivity contribution in [2.24, 2.45) is 17.6 Å². The molecule has 2 rings (SSSR count). The third kappa shape index (κ3) is 2.01. The van der Waals surface area contributed by atoms with Crippen LogP contribution in [0.3, 0.4) is 0 Å². The summed E-state index contributed by atoms with van der Waals surface area (Å²) in [6.07, 6.45) is 10.3. The molecule has 0 spiro atoms. The highest BCUT2D eigenvalue weighted by atomic mass is 14.7. The molecule has 1 saturated carbocycles. The van der Waals surface area contributed by atoms with Gasteiger partial charge in [-0.15, -0.1) is 0 Å². The van der Waals surface area contributed by atoms with Gasteiger partial charge in [-0.25, -0.2) is 0 Å². The normalized spacial score (nSPS) is 41.6. The standard InChI is InChI=1S/C13H19N/c1-13(14)10-4-6-11-5-2-3-7-12(13)9-8-11/h3,7,11-12H,4,6,8-10,14H2,1H3. The van der Waals surface area contributed by atoms with Crippen molar-refractivity contribution >= 4 is 0 Å². The predicted octanol–water partition coefficient (Wildman–Crippen LogP) is 2.47. The SMILES string of the molecule is CC1(N)CCCC2C#CC=CC1CC2. The summed E-state index contributed by atoms with van der Waals surface area (Å²) in [5.74, 6) is 7.62. The Morgan fingerprint density at radius 3 is 3.07 bits per heavy atom. The predicted molar refractivity (Wildman–Crippen MR) is 59.6 cm³/mol. The van der Waals surface area contributed by atoms with Gasteiger partial charge in [0.05, 0.1) is 0 Å². The molecule has 0 heterocycles. The first kappa shape index (κ1) is 9.80. The van der Waals surface area contributed by atoms with Crippen LogP contribution in [-0.2, 0) is 0 Å². The van der Waals surface area contributed by atoms with Crippen LogP contribution >= 0.6 is 0 Å². The average Bonchev–Trinajstić information content (AvgIpc) is 2.06. The summed E-state index contributed by atoms with van der Waals surface area (Å²) >= 11 is 0. The minimum Gasteiger partial charge on any atom is -0.325 e. The summed E-state index contributed by atoms with van der Waals surface area (Å²) in [6, 6.07) is 0. The first-order chi connectivity index (χ1) is 6.68. The molecule has 76 valence electrons. The quantitative estimate of drug-likeness (QED) is 0.582. The molecule has 1 fully saturated rings. The molecule has 2 N–H and O–H groups in total. The van der Waals surface area contributed by atoms with E-state index in [1.807, 2.05) is 6.08 Å². The topological polar surface area (TPSA) is 26.0 Å². The largest absolute Gasteiger partial charge is 0.325 e. The molecule has 3 atom stereocenters. The van der Waals surface area contributed by atoms with Crippen molar-refractivity contribution in [1.29, 1.82) is 0 Å². The van der Waals surface area contributed by atoms with Crippen LogP contribution < -0.4 is 5.73 Å². The maximum Gasteiger partial charge on any atom is 0.0206 e. The Kier molecular flexibility index (Phi) is 2.65. The molecule has 0 saturated heterocycles. The highest BCUT2D eigenvalue weighted by Crippen LogP contribution is 2.33. The van der Waals surface area contributed by atoms with E-state index in [4.69, 9.17) is 5.73 Å².